The molecule has 0 bridgehead atoms. The summed E-state index contributed by atoms with van der Waals surface area (Å²) in [5.74, 6) is 0. The second kappa shape index (κ2) is 4.71. The van der Waals surface area contributed by atoms with Crippen LogP contribution in [0.15, 0.2) is 24.3 Å². The highest BCUT2D eigenvalue weighted by molar-refractivity contribution is 7.46. The third kappa shape index (κ3) is 3.39. The number of rotatable bonds is 4. The molecule has 0 saturated carbocycles. The van der Waals surface area contributed by atoms with E-state index in [-0.39, 0.29) is 11.3 Å². The Kier molecular flexibility index (Phi) is 3.77. The normalized spacial score (nSPS) is 13.4. The summed E-state index contributed by atoms with van der Waals surface area (Å²) in [5.41, 5.74) is -0.112. The van der Waals surface area contributed by atoms with E-state index in [1.54, 1.807) is 0 Å². The van der Waals surface area contributed by atoms with E-state index in [1.807, 2.05) is 0 Å². The molecule has 0 aliphatic rings. The van der Waals surface area contributed by atoms with Crippen LogP contribution in [-0.2, 0) is 9.09 Å². The molecule has 0 amide bonds. The molecule has 1 atom stereocenters. The monoisotopic (exact) mass is 247 g/mol. The van der Waals surface area contributed by atoms with E-state index in [0.717, 1.165) is 0 Å². The Morgan fingerprint density at radius 2 is 2.00 bits per heavy atom. The summed E-state index contributed by atoms with van der Waals surface area (Å²) >= 11 is 0. The summed E-state index contributed by atoms with van der Waals surface area (Å²) in [6.07, 6.45) is -1.05. The van der Waals surface area contributed by atoms with Crippen molar-refractivity contribution in [1.82, 2.24) is 0 Å². The maximum absolute atomic E-state index is 10.6. The Hall–Kier alpha value is -1.27. The molecule has 0 unspecified atom stereocenters. The zero-order valence-electron chi connectivity index (χ0n) is 8.31. The summed E-state index contributed by atoms with van der Waals surface area (Å²) in [5, 5.41) is 10.6. The number of phosphoric acid groups is 1. The molecule has 88 valence electrons. The Bertz CT molecular complexity index is 442. The van der Waals surface area contributed by atoms with Gasteiger partial charge in [-0.15, -0.1) is 0 Å². The Morgan fingerprint density at radius 3 is 2.50 bits per heavy atom. The van der Waals surface area contributed by atoms with E-state index >= 15 is 0 Å². The van der Waals surface area contributed by atoms with Crippen LogP contribution in [0.3, 0.4) is 0 Å². The van der Waals surface area contributed by atoms with Crippen LogP contribution in [0.4, 0.5) is 5.69 Å². The van der Waals surface area contributed by atoms with Gasteiger partial charge in [-0.05, 0) is 13.0 Å². The lowest BCUT2D eigenvalue weighted by atomic mass is 10.1. The van der Waals surface area contributed by atoms with E-state index in [4.69, 9.17) is 9.79 Å². The first-order chi connectivity index (χ1) is 7.31. The minimum absolute atomic E-state index is 0.121. The van der Waals surface area contributed by atoms with Crippen molar-refractivity contribution in [1.29, 1.82) is 0 Å². The van der Waals surface area contributed by atoms with E-state index < -0.39 is 18.8 Å². The van der Waals surface area contributed by atoms with E-state index in [1.165, 1.54) is 31.2 Å². The lowest BCUT2D eigenvalue weighted by Gasteiger charge is -2.13. The highest BCUT2D eigenvalue weighted by Crippen LogP contribution is 2.43. The van der Waals surface area contributed by atoms with Crippen molar-refractivity contribution >= 4 is 13.5 Å². The fraction of sp³-hybridized carbons (Fsp3) is 0.250. The SMILES string of the molecule is C[C@@H](OP(=O)(O)O)c1ccccc1[N+](=O)[O-]. The molecule has 1 aromatic carbocycles. The van der Waals surface area contributed by atoms with Gasteiger partial charge in [0.1, 0.15) is 0 Å². The molecule has 2 N–H and O–H groups in total. The minimum atomic E-state index is -4.66. The largest absolute Gasteiger partial charge is 0.470 e. The number of hydrogen-bond acceptors (Lipinski definition) is 4. The average molecular weight is 247 g/mol. The van der Waals surface area contributed by atoms with Crippen molar-refractivity contribution in [2.24, 2.45) is 0 Å². The molecule has 7 nitrogen and oxygen atoms in total. The van der Waals surface area contributed by atoms with Crippen LogP contribution in [0.2, 0.25) is 0 Å². The molecule has 0 spiro atoms. The van der Waals surface area contributed by atoms with Crippen molar-refractivity contribution in [2.45, 2.75) is 13.0 Å². The van der Waals surface area contributed by atoms with Crippen molar-refractivity contribution in [2.75, 3.05) is 0 Å². The summed E-state index contributed by atoms with van der Waals surface area (Å²) in [6, 6.07) is 5.63. The molecule has 0 aliphatic heterocycles. The van der Waals surface area contributed by atoms with Crippen LogP contribution >= 0.6 is 7.82 Å². The quantitative estimate of drug-likeness (QED) is 0.476. The van der Waals surface area contributed by atoms with Gasteiger partial charge in [-0.25, -0.2) is 4.57 Å². The number of nitro benzene ring substituents is 1. The van der Waals surface area contributed by atoms with Gasteiger partial charge in [0.2, 0.25) is 0 Å². The number of hydrogen-bond donors (Lipinski definition) is 2. The lowest BCUT2D eigenvalue weighted by molar-refractivity contribution is -0.386. The lowest BCUT2D eigenvalue weighted by Crippen LogP contribution is -2.02. The number of para-hydroxylation sites is 1. The maximum Gasteiger partial charge on any atom is 0.470 e. The fourth-order valence-corrected chi connectivity index (χ4v) is 1.79. The zero-order valence-corrected chi connectivity index (χ0v) is 9.20. The fourth-order valence-electron chi connectivity index (χ4n) is 1.26. The van der Waals surface area contributed by atoms with Crippen LogP contribution in [0.5, 0.6) is 0 Å². The van der Waals surface area contributed by atoms with Crippen molar-refractivity contribution in [3.63, 3.8) is 0 Å². The summed E-state index contributed by atoms with van der Waals surface area (Å²) < 4.78 is 15.0. The van der Waals surface area contributed by atoms with Crippen molar-refractivity contribution in [3.05, 3.63) is 39.9 Å². The number of nitro groups is 1. The van der Waals surface area contributed by atoms with Gasteiger partial charge >= 0.3 is 7.82 Å². The Labute approximate surface area is 91.1 Å². The van der Waals surface area contributed by atoms with Crippen molar-refractivity contribution in [3.8, 4) is 0 Å². The first-order valence-corrected chi connectivity index (χ1v) is 5.81. The molecular formula is C8H10NO6P. The van der Waals surface area contributed by atoms with Crippen LogP contribution in [0.1, 0.15) is 18.6 Å². The maximum atomic E-state index is 10.6. The molecule has 0 fully saturated rings. The van der Waals surface area contributed by atoms with Gasteiger partial charge in [0.25, 0.3) is 5.69 Å². The predicted molar refractivity (Wildman–Crippen MR) is 54.6 cm³/mol. The number of nitrogens with zero attached hydrogens (tertiary/aromatic N) is 1. The van der Waals surface area contributed by atoms with E-state index in [9.17, 15) is 14.7 Å². The van der Waals surface area contributed by atoms with Gasteiger partial charge in [-0.3, -0.25) is 14.6 Å². The van der Waals surface area contributed by atoms with Gasteiger partial charge in [-0.1, -0.05) is 12.1 Å². The minimum Gasteiger partial charge on any atom is -0.303 e. The van der Waals surface area contributed by atoms with Crippen LogP contribution in [-0.4, -0.2) is 14.7 Å². The first-order valence-electron chi connectivity index (χ1n) is 4.28. The molecule has 16 heavy (non-hydrogen) atoms. The number of benzene rings is 1. The average Bonchev–Trinajstić information content (AvgIpc) is 2.15. The topological polar surface area (TPSA) is 110 Å². The van der Waals surface area contributed by atoms with Crippen molar-refractivity contribution < 1.29 is 23.8 Å². The number of phosphoric ester groups is 1. The summed E-state index contributed by atoms with van der Waals surface area (Å²) in [4.78, 5) is 27.2. The predicted octanol–water partition coefficient (Wildman–Crippen LogP) is 1.77. The Morgan fingerprint density at radius 1 is 1.44 bits per heavy atom. The van der Waals surface area contributed by atoms with Gasteiger partial charge in [-0.2, -0.15) is 0 Å². The highest BCUT2D eigenvalue weighted by atomic mass is 31.2. The summed E-state index contributed by atoms with van der Waals surface area (Å²) in [6.45, 7) is 1.33. The zero-order chi connectivity index (χ0) is 12.3. The molecule has 0 aliphatic carbocycles. The van der Waals surface area contributed by atoms with Gasteiger partial charge < -0.3 is 9.79 Å². The third-order valence-electron chi connectivity index (χ3n) is 1.87. The van der Waals surface area contributed by atoms with Crippen LogP contribution in [0.25, 0.3) is 0 Å². The molecule has 1 aromatic rings. The van der Waals surface area contributed by atoms with Gasteiger partial charge in [0.15, 0.2) is 0 Å². The molecule has 0 saturated heterocycles. The smallest absolute Gasteiger partial charge is 0.303 e. The Balaban J connectivity index is 3.04. The molecule has 0 aromatic heterocycles. The summed E-state index contributed by atoms with van der Waals surface area (Å²) in [7, 11) is -4.66. The van der Waals surface area contributed by atoms with E-state index in [0.29, 0.717) is 0 Å². The van der Waals surface area contributed by atoms with Crippen LogP contribution in [0, 0.1) is 10.1 Å². The standard InChI is InChI=1S/C8H10NO6P/c1-6(15-16(12,13)14)7-4-2-3-5-8(7)9(10)11/h2-6H,1H3,(H2,12,13,14)/t6-/m1/s1. The second-order valence-corrected chi connectivity index (χ2v) is 4.25. The molecule has 0 radical (unpaired) electrons. The molecule has 1 rings (SSSR count). The highest BCUT2D eigenvalue weighted by Gasteiger charge is 2.25. The second-order valence-electron chi connectivity index (χ2n) is 3.05. The molecule has 0 heterocycles. The van der Waals surface area contributed by atoms with Gasteiger partial charge in [0, 0.05) is 6.07 Å². The third-order valence-corrected chi connectivity index (χ3v) is 2.46. The molecule has 8 heteroatoms. The first kappa shape index (κ1) is 12.8. The molecular weight excluding hydrogens is 237 g/mol. The van der Waals surface area contributed by atoms with E-state index in [2.05, 4.69) is 4.52 Å². The van der Waals surface area contributed by atoms with Gasteiger partial charge in [0.05, 0.1) is 16.6 Å². The van der Waals surface area contributed by atoms with Crippen LogP contribution < -0.4 is 0 Å².